The summed E-state index contributed by atoms with van der Waals surface area (Å²) in [5.41, 5.74) is 3.21. The lowest BCUT2D eigenvalue weighted by Crippen LogP contribution is -2.44. The van der Waals surface area contributed by atoms with Crippen molar-refractivity contribution in [3.05, 3.63) is 21.4 Å². The summed E-state index contributed by atoms with van der Waals surface area (Å²) in [5, 5.41) is 9.94. The number of aliphatic carboxylic acids is 1. The standard InChI is InChI=1S/C21H31BrN2O3/c1-13-15(18(19(25)26)27-20(3,4)5)17(16(22)14(2)23-13)24-11-9-21(10-12-24)7-6-8-21/h18H,6-12H2,1-5H3,(H,25,26)/t18-/m0/s1. The third kappa shape index (κ3) is 4.16. The number of aromatic nitrogens is 1. The first-order chi connectivity index (χ1) is 12.5. The molecule has 5 nitrogen and oxygen atoms in total. The lowest BCUT2D eigenvalue weighted by molar-refractivity contribution is -0.160. The molecule has 2 heterocycles. The van der Waals surface area contributed by atoms with Gasteiger partial charge in [-0.25, -0.2) is 4.79 Å². The second-order valence-electron chi connectivity index (χ2n) is 9.15. The summed E-state index contributed by atoms with van der Waals surface area (Å²) in [7, 11) is 0. The van der Waals surface area contributed by atoms with E-state index in [1.165, 1.54) is 32.1 Å². The third-order valence-electron chi connectivity index (χ3n) is 6.02. The highest BCUT2D eigenvalue weighted by Gasteiger charge is 2.41. The van der Waals surface area contributed by atoms with Gasteiger partial charge in [0.2, 0.25) is 0 Å². The van der Waals surface area contributed by atoms with E-state index in [4.69, 9.17) is 4.74 Å². The normalized spacial score (nSPS) is 20.4. The predicted molar refractivity (Wildman–Crippen MR) is 110 cm³/mol. The molecule has 1 saturated carbocycles. The van der Waals surface area contributed by atoms with Crippen molar-refractivity contribution in [3.63, 3.8) is 0 Å². The molecule has 0 amide bonds. The number of anilines is 1. The highest BCUT2D eigenvalue weighted by Crippen LogP contribution is 2.50. The molecule has 1 N–H and O–H groups in total. The number of carboxylic acids is 1. The van der Waals surface area contributed by atoms with Crippen molar-refractivity contribution in [2.75, 3.05) is 18.0 Å². The Labute approximate surface area is 170 Å². The van der Waals surface area contributed by atoms with Crippen LogP contribution < -0.4 is 4.90 Å². The minimum atomic E-state index is -1.04. The van der Waals surface area contributed by atoms with E-state index in [0.29, 0.717) is 11.0 Å². The van der Waals surface area contributed by atoms with Crippen LogP contribution in [0, 0.1) is 19.3 Å². The molecule has 1 aromatic rings. The number of rotatable bonds is 4. The van der Waals surface area contributed by atoms with Crippen molar-refractivity contribution < 1.29 is 14.6 Å². The number of piperidine rings is 1. The summed E-state index contributed by atoms with van der Waals surface area (Å²) in [6.07, 6.45) is 5.35. The van der Waals surface area contributed by atoms with E-state index in [9.17, 15) is 9.90 Å². The zero-order valence-corrected chi connectivity index (χ0v) is 18.6. The van der Waals surface area contributed by atoms with E-state index >= 15 is 0 Å². The molecule has 0 bridgehead atoms. The third-order valence-corrected chi connectivity index (χ3v) is 6.97. The molecule has 1 aliphatic heterocycles. The predicted octanol–water partition coefficient (Wildman–Crippen LogP) is 5.17. The quantitative estimate of drug-likeness (QED) is 0.701. The van der Waals surface area contributed by atoms with Gasteiger partial charge in [-0.1, -0.05) is 6.42 Å². The fraction of sp³-hybridized carbons (Fsp3) is 0.714. The Morgan fingerprint density at radius 2 is 1.78 bits per heavy atom. The van der Waals surface area contributed by atoms with Crippen molar-refractivity contribution in [3.8, 4) is 0 Å². The average molecular weight is 439 g/mol. The van der Waals surface area contributed by atoms with E-state index in [2.05, 4.69) is 25.8 Å². The highest BCUT2D eigenvalue weighted by atomic mass is 79.9. The van der Waals surface area contributed by atoms with E-state index in [0.717, 1.165) is 34.6 Å². The average Bonchev–Trinajstić information content (AvgIpc) is 2.54. The maximum atomic E-state index is 12.1. The van der Waals surface area contributed by atoms with Gasteiger partial charge in [-0.2, -0.15) is 0 Å². The Morgan fingerprint density at radius 1 is 1.19 bits per heavy atom. The SMILES string of the molecule is Cc1nc(C)c([C@H](OC(C)(C)C)C(=O)O)c(N2CCC3(CCC3)CC2)c1Br. The number of ether oxygens (including phenoxy) is 1. The molecule has 3 rings (SSSR count). The molecule has 0 aromatic carbocycles. The lowest BCUT2D eigenvalue weighted by Gasteiger charge is -2.49. The fourth-order valence-corrected chi connectivity index (χ4v) is 4.97. The first kappa shape index (κ1) is 20.6. The maximum absolute atomic E-state index is 12.1. The number of carboxylic acid groups (broad SMARTS) is 1. The van der Waals surface area contributed by atoms with Crippen LogP contribution in [0.25, 0.3) is 0 Å². The number of pyridine rings is 1. The Morgan fingerprint density at radius 3 is 2.22 bits per heavy atom. The molecule has 150 valence electrons. The van der Waals surface area contributed by atoms with Crippen LogP contribution in [0.1, 0.15) is 75.9 Å². The van der Waals surface area contributed by atoms with Crippen molar-refractivity contribution in [1.82, 2.24) is 4.98 Å². The number of hydrogen-bond acceptors (Lipinski definition) is 4. The van der Waals surface area contributed by atoms with Gasteiger partial charge >= 0.3 is 5.97 Å². The first-order valence-electron chi connectivity index (χ1n) is 9.85. The van der Waals surface area contributed by atoms with Crippen molar-refractivity contribution in [1.29, 1.82) is 0 Å². The summed E-state index contributed by atoms with van der Waals surface area (Å²) >= 11 is 3.70. The van der Waals surface area contributed by atoms with Gasteiger partial charge in [-0.3, -0.25) is 4.98 Å². The molecule has 1 spiro atoms. The van der Waals surface area contributed by atoms with E-state index in [1.807, 2.05) is 34.6 Å². The summed E-state index contributed by atoms with van der Waals surface area (Å²) in [6.45, 7) is 11.4. The van der Waals surface area contributed by atoms with Gasteiger partial charge in [0.1, 0.15) is 0 Å². The summed E-state index contributed by atoms with van der Waals surface area (Å²) < 4.78 is 6.86. The number of halogens is 1. The molecule has 1 aliphatic carbocycles. The van der Waals surface area contributed by atoms with E-state index in [-0.39, 0.29) is 0 Å². The Bertz CT molecular complexity index is 728. The van der Waals surface area contributed by atoms with Crippen molar-refractivity contribution in [2.45, 2.75) is 78.4 Å². The zero-order chi connectivity index (χ0) is 20.0. The monoisotopic (exact) mass is 438 g/mol. The Hall–Kier alpha value is -1.14. The summed E-state index contributed by atoms with van der Waals surface area (Å²) in [5.74, 6) is -0.973. The van der Waals surface area contributed by atoms with Crippen LogP contribution in [-0.4, -0.2) is 34.8 Å². The van der Waals surface area contributed by atoms with Crippen LogP contribution in [0.2, 0.25) is 0 Å². The minimum Gasteiger partial charge on any atom is -0.479 e. The molecule has 0 unspecified atom stereocenters. The molecule has 6 heteroatoms. The van der Waals surface area contributed by atoms with Crippen LogP contribution in [0.5, 0.6) is 0 Å². The molecular weight excluding hydrogens is 408 g/mol. The second kappa shape index (κ2) is 7.36. The van der Waals surface area contributed by atoms with Crippen LogP contribution in [0.3, 0.4) is 0 Å². The molecule has 1 aromatic heterocycles. The largest absolute Gasteiger partial charge is 0.479 e. The molecule has 1 atom stereocenters. The first-order valence-corrected chi connectivity index (χ1v) is 10.6. The molecular formula is C21H31BrN2O3. The van der Waals surface area contributed by atoms with Crippen LogP contribution in [0.15, 0.2) is 4.47 Å². The maximum Gasteiger partial charge on any atom is 0.337 e. The van der Waals surface area contributed by atoms with E-state index < -0.39 is 17.7 Å². The van der Waals surface area contributed by atoms with Crippen LogP contribution >= 0.6 is 15.9 Å². The Kier molecular flexibility index (Phi) is 5.61. The lowest BCUT2D eigenvalue weighted by atomic mass is 9.63. The number of nitrogens with zero attached hydrogens (tertiary/aromatic N) is 2. The number of aryl methyl sites for hydroxylation is 2. The highest BCUT2D eigenvalue weighted by molar-refractivity contribution is 9.10. The van der Waals surface area contributed by atoms with Gasteiger partial charge in [0.05, 0.1) is 21.5 Å². The van der Waals surface area contributed by atoms with Crippen molar-refractivity contribution >= 4 is 27.6 Å². The zero-order valence-electron chi connectivity index (χ0n) is 17.1. The van der Waals surface area contributed by atoms with Gasteiger partial charge in [0.15, 0.2) is 6.10 Å². The van der Waals surface area contributed by atoms with Gasteiger partial charge < -0.3 is 14.7 Å². The fourth-order valence-electron chi connectivity index (χ4n) is 4.41. The smallest absolute Gasteiger partial charge is 0.337 e. The van der Waals surface area contributed by atoms with Gasteiger partial charge in [0.25, 0.3) is 0 Å². The van der Waals surface area contributed by atoms with Crippen LogP contribution in [-0.2, 0) is 9.53 Å². The topological polar surface area (TPSA) is 62.7 Å². The number of hydrogen-bond donors (Lipinski definition) is 1. The van der Waals surface area contributed by atoms with Gasteiger partial charge in [-0.05, 0) is 81.6 Å². The second-order valence-corrected chi connectivity index (χ2v) is 9.94. The molecule has 27 heavy (non-hydrogen) atoms. The van der Waals surface area contributed by atoms with Crippen LogP contribution in [0.4, 0.5) is 5.69 Å². The van der Waals surface area contributed by atoms with Crippen molar-refractivity contribution in [2.24, 2.45) is 5.41 Å². The summed E-state index contributed by atoms with van der Waals surface area (Å²) in [4.78, 5) is 19.1. The number of carbonyl (C=O) groups is 1. The molecule has 2 aliphatic rings. The van der Waals surface area contributed by atoms with E-state index in [1.54, 1.807) is 0 Å². The molecule has 0 radical (unpaired) electrons. The van der Waals surface area contributed by atoms with Gasteiger partial charge in [-0.15, -0.1) is 0 Å². The Balaban J connectivity index is 2.02. The molecule has 2 fully saturated rings. The minimum absolute atomic E-state index is 0.536. The summed E-state index contributed by atoms with van der Waals surface area (Å²) in [6, 6.07) is 0. The molecule has 1 saturated heterocycles. The van der Waals surface area contributed by atoms with Gasteiger partial charge in [0, 0.05) is 24.3 Å².